The summed E-state index contributed by atoms with van der Waals surface area (Å²) >= 11 is 12.7. The van der Waals surface area contributed by atoms with Crippen LogP contribution in [0.3, 0.4) is 0 Å². The molecule has 2 nitrogen and oxygen atoms in total. The van der Waals surface area contributed by atoms with Gasteiger partial charge in [0.05, 0.1) is 5.02 Å². The highest BCUT2D eigenvalue weighted by Crippen LogP contribution is 2.26. The van der Waals surface area contributed by atoms with Crippen LogP contribution in [0.15, 0.2) is 45.5 Å². The van der Waals surface area contributed by atoms with E-state index in [0.29, 0.717) is 11.4 Å². The Labute approximate surface area is 128 Å². The fourth-order valence-electron chi connectivity index (χ4n) is 1.61. The molecule has 0 aliphatic carbocycles. The number of aromatic nitrogens is 1. The average molecular weight is 391 g/mol. The van der Waals surface area contributed by atoms with E-state index in [0.717, 1.165) is 20.2 Å². The smallest absolute Gasteiger partial charge is 0.0548 e. The van der Waals surface area contributed by atoms with Gasteiger partial charge in [0.2, 0.25) is 0 Å². The van der Waals surface area contributed by atoms with E-state index in [1.54, 1.807) is 6.20 Å². The summed E-state index contributed by atoms with van der Waals surface area (Å²) in [6.07, 6.45) is 2.47. The molecule has 2 aromatic rings. The molecule has 0 bridgehead atoms. The van der Waals surface area contributed by atoms with Gasteiger partial charge in [-0.05, 0) is 61.7 Å². The van der Waals surface area contributed by atoms with Crippen molar-refractivity contribution in [3.05, 3.63) is 61.8 Å². The number of hydrogen-bond donors (Lipinski definition) is 1. The molecular weight excluding hydrogens is 379 g/mol. The lowest BCUT2D eigenvalue weighted by Crippen LogP contribution is -2.14. The van der Waals surface area contributed by atoms with Crippen molar-refractivity contribution in [3.8, 4) is 0 Å². The number of nitrogens with two attached hydrogens (primary N) is 1. The van der Waals surface area contributed by atoms with Crippen LogP contribution in [0.2, 0.25) is 5.02 Å². The monoisotopic (exact) mass is 388 g/mol. The van der Waals surface area contributed by atoms with Crippen molar-refractivity contribution in [1.29, 1.82) is 0 Å². The Morgan fingerprint density at radius 2 is 2.00 bits per heavy atom. The largest absolute Gasteiger partial charge is 0.324 e. The zero-order chi connectivity index (χ0) is 13.1. The molecule has 0 radical (unpaired) electrons. The van der Waals surface area contributed by atoms with Crippen molar-refractivity contribution < 1.29 is 0 Å². The van der Waals surface area contributed by atoms with E-state index in [9.17, 15) is 0 Å². The van der Waals surface area contributed by atoms with Crippen molar-refractivity contribution in [3.63, 3.8) is 0 Å². The summed E-state index contributed by atoms with van der Waals surface area (Å²) in [4.78, 5) is 4.32. The van der Waals surface area contributed by atoms with E-state index in [1.807, 2.05) is 30.3 Å². The first-order chi connectivity index (χ1) is 8.56. The number of halogens is 3. The minimum atomic E-state index is -0.0905. The third-order valence-corrected chi connectivity index (χ3v) is 4.27. The highest BCUT2D eigenvalue weighted by Gasteiger charge is 2.09. The van der Waals surface area contributed by atoms with Crippen molar-refractivity contribution in [2.24, 2.45) is 5.73 Å². The second-order valence-corrected chi connectivity index (χ2v) is 6.13. The van der Waals surface area contributed by atoms with Crippen LogP contribution in [0.25, 0.3) is 0 Å². The van der Waals surface area contributed by atoms with Crippen LogP contribution in [0, 0.1) is 0 Å². The first-order valence-corrected chi connectivity index (χ1v) is 7.33. The van der Waals surface area contributed by atoms with Crippen LogP contribution in [0.5, 0.6) is 0 Å². The molecule has 1 heterocycles. The highest BCUT2D eigenvalue weighted by atomic mass is 79.9. The van der Waals surface area contributed by atoms with E-state index in [4.69, 9.17) is 17.3 Å². The number of rotatable bonds is 3. The van der Waals surface area contributed by atoms with Gasteiger partial charge in [-0.25, -0.2) is 0 Å². The summed E-state index contributed by atoms with van der Waals surface area (Å²) in [6, 6.07) is 9.58. The molecule has 1 atom stereocenters. The van der Waals surface area contributed by atoms with Crippen LogP contribution in [-0.2, 0) is 6.42 Å². The first kappa shape index (κ1) is 14.0. The standard InChI is InChI=1S/C13H11Br2ClN2/c14-9-2-3-10(18-7-9)6-13(17)8-1-4-12(16)11(15)5-8/h1-5,7,13H,6,17H2. The summed E-state index contributed by atoms with van der Waals surface area (Å²) < 4.78 is 1.83. The second-order valence-electron chi connectivity index (χ2n) is 3.95. The van der Waals surface area contributed by atoms with Crippen molar-refractivity contribution >= 4 is 43.5 Å². The molecule has 18 heavy (non-hydrogen) atoms. The Kier molecular flexibility index (Phi) is 4.78. The van der Waals surface area contributed by atoms with Gasteiger partial charge in [-0.1, -0.05) is 17.7 Å². The average Bonchev–Trinajstić information content (AvgIpc) is 2.35. The number of pyridine rings is 1. The molecule has 0 amide bonds. The zero-order valence-corrected chi connectivity index (χ0v) is 13.3. The Bertz CT molecular complexity index is 543. The third-order valence-electron chi connectivity index (χ3n) is 2.59. The lowest BCUT2D eigenvalue weighted by Gasteiger charge is -2.12. The van der Waals surface area contributed by atoms with E-state index in [-0.39, 0.29) is 6.04 Å². The summed E-state index contributed by atoms with van der Waals surface area (Å²) in [5.41, 5.74) is 8.18. The Balaban J connectivity index is 2.13. The number of hydrogen-bond acceptors (Lipinski definition) is 2. The lowest BCUT2D eigenvalue weighted by molar-refractivity contribution is 0.706. The first-order valence-electron chi connectivity index (χ1n) is 5.37. The minimum Gasteiger partial charge on any atom is -0.324 e. The van der Waals surface area contributed by atoms with Gasteiger partial charge in [0.1, 0.15) is 0 Å². The number of benzene rings is 1. The summed E-state index contributed by atoms with van der Waals surface area (Å²) in [6.45, 7) is 0. The van der Waals surface area contributed by atoms with Gasteiger partial charge < -0.3 is 5.73 Å². The van der Waals surface area contributed by atoms with Crippen molar-refractivity contribution in [2.75, 3.05) is 0 Å². The SMILES string of the molecule is NC(Cc1ccc(Br)cn1)c1ccc(Cl)c(Br)c1. The zero-order valence-electron chi connectivity index (χ0n) is 9.41. The van der Waals surface area contributed by atoms with Crippen LogP contribution in [-0.4, -0.2) is 4.98 Å². The van der Waals surface area contributed by atoms with Crippen LogP contribution >= 0.6 is 43.5 Å². The maximum Gasteiger partial charge on any atom is 0.0548 e. The maximum atomic E-state index is 6.17. The van der Waals surface area contributed by atoms with Gasteiger partial charge in [0.25, 0.3) is 0 Å². The predicted octanol–water partition coefficient (Wildman–Crippen LogP) is 4.50. The van der Waals surface area contributed by atoms with E-state index < -0.39 is 0 Å². The minimum absolute atomic E-state index is 0.0905. The van der Waals surface area contributed by atoms with Gasteiger partial charge in [0.15, 0.2) is 0 Å². The molecular formula is C13H11Br2ClN2. The van der Waals surface area contributed by atoms with Crippen LogP contribution in [0.1, 0.15) is 17.3 Å². The van der Waals surface area contributed by atoms with Crippen molar-refractivity contribution in [2.45, 2.75) is 12.5 Å². The normalized spacial score (nSPS) is 12.4. The molecule has 0 fully saturated rings. The summed E-state index contributed by atoms with van der Waals surface area (Å²) in [5.74, 6) is 0. The van der Waals surface area contributed by atoms with E-state index in [2.05, 4.69) is 36.8 Å². The quantitative estimate of drug-likeness (QED) is 0.838. The lowest BCUT2D eigenvalue weighted by atomic mass is 10.0. The molecule has 0 saturated heterocycles. The Morgan fingerprint density at radius 3 is 2.61 bits per heavy atom. The van der Waals surface area contributed by atoms with E-state index in [1.165, 1.54) is 0 Å². The molecule has 94 valence electrons. The van der Waals surface area contributed by atoms with Gasteiger partial charge in [0, 0.05) is 33.3 Å². The van der Waals surface area contributed by atoms with Crippen molar-refractivity contribution in [1.82, 2.24) is 4.98 Å². The fraction of sp³-hybridized carbons (Fsp3) is 0.154. The molecule has 5 heteroatoms. The second kappa shape index (κ2) is 6.15. The molecule has 2 N–H and O–H groups in total. The van der Waals surface area contributed by atoms with E-state index >= 15 is 0 Å². The molecule has 2 rings (SSSR count). The highest BCUT2D eigenvalue weighted by molar-refractivity contribution is 9.10. The van der Waals surface area contributed by atoms with Crippen LogP contribution < -0.4 is 5.73 Å². The molecule has 1 unspecified atom stereocenters. The van der Waals surface area contributed by atoms with Gasteiger partial charge in [-0.2, -0.15) is 0 Å². The van der Waals surface area contributed by atoms with Crippen LogP contribution in [0.4, 0.5) is 0 Å². The number of nitrogens with zero attached hydrogens (tertiary/aromatic N) is 1. The topological polar surface area (TPSA) is 38.9 Å². The molecule has 0 saturated carbocycles. The maximum absolute atomic E-state index is 6.17. The molecule has 0 aliphatic rings. The van der Waals surface area contributed by atoms with Gasteiger partial charge in [-0.15, -0.1) is 0 Å². The predicted molar refractivity (Wildman–Crippen MR) is 81.7 cm³/mol. The molecule has 1 aromatic heterocycles. The van der Waals surface area contributed by atoms with Gasteiger partial charge >= 0.3 is 0 Å². The molecule has 0 aliphatic heterocycles. The van der Waals surface area contributed by atoms with Gasteiger partial charge in [-0.3, -0.25) is 4.98 Å². The fourth-order valence-corrected chi connectivity index (χ4v) is 2.36. The summed E-state index contributed by atoms with van der Waals surface area (Å²) in [5, 5.41) is 0.688. The summed E-state index contributed by atoms with van der Waals surface area (Å²) in [7, 11) is 0. The molecule has 0 spiro atoms. The Morgan fingerprint density at radius 1 is 1.22 bits per heavy atom. The molecule has 1 aromatic carbocycles. The third kappa shape index (κ3) is 3.54. The Hall–Kier alpha value is -0.420.